The largest absolute Gasteiger partial charge is 0.449 e. The third kappa shape index (κ3) is 3.00. The predicted octanol–water partition coefficient (Wildman–Crippen LogP) is 4.94. The number of fused-ring (bicyclic) bond motifs is 4. The number of rotatable bonds is 4. The van der Waals surface area contributed by atoms with Crippen molar-refractivity contribution in [3.05, 3.63) is 65.7 Å². The van der Waals surface area contributed by atoms with E-state index in [0.29, 0.717) is 23.1 Å². The second-order valence-electron chi connectivity index (χ2n) is 7.66. The van der Waals surface area contributed by atoms with Crippen LogP contribution in [0.2, 0.25) is 0 Å². The fourth-order valence-corrected chi connectivity index (χ4v) is 4.38. The Balaban J connectivity index is 1.48. The number of carbonyl (C=O) groups is 2. The van der Waals surface area contributed by atoms with Crippen LogP contribution < -0.4 is 0 Å². The molecule has 2 aromatic carbocycles. The lowest BCUT2D eigenvalue weighted by Crippen LogP contribution is -2.32. The Morgan fingerprint density at radius 1 is 1.17 bits per heavy atom. The van der Waals surface area contributed by atoms with Gasteiger partial charge in [0.25, 0.3) is 5.91 Å². The monoisotopic (exact) mass is 402 g/mol. The Kier molecular flexibility index (Phi) is 4.62. The first-order chi connectivity index (χ1) is 14.7. The van der Waals surface area contributed by atoms with Crippen LogP contribution in [0.4, 0.5) is 0 Å². The summed E-state index contributed by atoms with van der Waals surface area (Å²) in [6.07, 6.45) is 4.90. The van der Waals surface area contributed by atoms with E-state index in [1.807, 2.05) is 25.1 Å². The van der Waals surface area contributed by atoms with Gasteiger partial charge in [0, 0.05) is 11.1 Å². The number of hydrogen-bond donors (Lipinski definition) is 0. The number of esters is 1. The first-order valence-electron chi connectivity index (χ1n) is 10.4. The molecular formula is C24H22N2O4. The first kappa shape index (κ1) is 18.6. The van der Waals surface area contributed by atoms with Crippen molar-refractivity contribution in [1.82, 2.24) is 9.55 Å². The van der Waals surface area contributed by atoms with Gasteiger partial charge in [-0.1, -0.05) is 25.1 Å². The summed E-state index contributed by atoms with van der Waals surface area (Å²) < 4.78 is 12.7. The van der Waals surface area contributed by atoms with Gasteiger partial charge in [0.05, 0.1) is 11.1 Å². The van der Waals surface area contributed by atoms with E-state index in [-0.39, 0.29) is 5.91 Å². The summed E-state index contributed by atoms with van der Waals surface area (Å²) in [5.74, 6) is -0.732. The van der Waals surface area contributed by atoms with Crippen LogP contribution in [0.5, 0.6) is 0 Å². The molecule has 5 rings (SSSR count). The lowest BCUT2D eigenvalue weighted by molar-refractivity contribution is 0.0241. The first-order valence-corrected chi connectivity index (χ1v) is 10.4. The Morgan fingerprint density at radius 3 is 2.87 bits per heavy atom. The van der Waals surface area contributed by atoms with E-state index in [2.05, 4.69) is 11.1 Å². The highest BCUT2D eigenvalue weighted by atomic mass is 16.5. The van der Waals surface area contributed by atoms with E-state index in [9.17, 15) is 9.59 Å². The maximum atomic E-state index is 13.5. The summed E-state index contributed by atoms with van der Waals surface area (Å²) in [5.41, 5.74) is 4.72. The van der Waals surface area contributed by atoms with Gasteiger partial charge in [-0.25, -0.2) is 9.78 Å². The number of carbonyl (C=O) groups excluding carboxylic acids is 2. The number of nitrogens with zero attached hydrogens (tertiary/aromatic N) is 2. The van der Waals surface area contributed by atoms with Crippen LogP contribution >= 0.6 is 0 Å². The van der Waals surface area contributed by atoms with Crippen molar-refractivity contribution in [2.75, 3.05) is 0 Å². The number of benzene rings is 2. The Morgan fingerprint density at radius 2 is 2.00 bits per heavy atom. The van der Waals surface area contributed by atoms with Crippen LogP contribution in [0.3, 0.4) is 0 Å². The number of hydrogen-bond acceptors (Lipinski definition) is 5. The molecule has 0 fully saturated rings. The summed E-state index contributed by atoms with van der Waals surface area (Å²) in [6.45, 7) is 1.85. The van der Waals surface area contributed by atoms with Gasteiger partial charge in [0.2, 0.25) is 0 Å². The van der Waals surface area contributed by atoms with Crippen molar-refractivity contribution in [3.63, 3.8) is 0 Å². The number of ether oxygens (including phenoxy) is 1. The van der Waals surface area contributed by atoms with E-state index in [1.54, 1.807) is 22.8 Å². The minimum Gasteiger partial charge on any atom is -0.449 e. The van der Waals surface area contributed by atoms with E-state index < -0.39 is 12.1 Å². The Labute approximate surface area is 173 Å². The SMILES string of the molecule is CCC(OC(=O)c1ccc2ncoc2c1)C(=O)n1c2c(c3ccccc31)CCCC2. The molecule has 0 aliphatic heterocycles. The number of aromatic nitrogens is 2. The molecule has 30 heavy (non-hydrogen) atoms. The molecule has 2 aromatic heterocycles. The Bertz CT molecular complexity index is 1270. The van der Waals surface area contributed by atoms with Crippen LogP contribution in [0.1, 0.15) is 52.6 Å². The van der Waals surface area contributed by atoms with E-state index in [4.69, 9.17) is 9.15 Å². The molecule has 0 radical (unpaired) electrons. The molecule has 152 valence electrons. The van der Waals surface area contributed by atoms with Crippen LogP contribution in [0.25, 0.3) is 22.0 Å². The summed E-state index contributed by atoms with van der Waals surface area (Å²) in [5, 5.41) is 1.12. The molecule has 6 heteroatoms. The molecule has 1 atom stereocenters. The lowest BCUT2D eigenvalue weighted by Gasteiger charge is -2.20. The topological polar surface area (TPSA) is 74.3 Å². The fraction of sp³-hybridized carbons (Fsp3) is 0.292. The van der Waals surface area contributed by atoms with E-state index in [0.717, 1.165) is 42.3 Å². The fourth-order valence-electron chi connectivity index (χ4n) is 4.38. The average molecular weight is 402 g/mol. The number of para-hydroxylation sites is 1. The van der Waals surface area contributed by atoms with Gasteiger partial charge in [0.1, 0.15) is 5.52 Å². The van der Waals surface area contributed by atoms with Gasteiger partial charge in [-0.15, -0.1) is 0 Å². The molecule has 2 heterocycles. The van der Waals surface area contributed by atoms with Crippen LogP contribution in [0.15, 0.2) is 53.3 Å². The van der Waals surface area contributed by atoms with Crippen LogP contribution in [-0.2, 0) is 17.6 Å². The summed E-state index contributed by atoms with van der Waals surface area (Å²) in [7, 11) is 0. The van der Waals surface area contributed by atoms with Gasteiger partial charge in [-0.05, 0) is 61.9 Å². The predicted molar refractivity (Wildman–Crippen MR) is 113 cm³/mol. The molecular weight excluding hydrogens is 380 g/mol. The van der Waals surface area contributed by atoms with Crippen molar-refractivity contribution in [3.8, 4) is 0 Å². The van der Waals surface area contributed by atoms with Crippen molar-refractivity contribution in [1.29, 1.82) is 0 Å². The minimum atomic E-state index is -0.857. The maximum Gasteiger partial charge on any atom is 0.339 e. The molecule has 0 amide bonds. The standard InChI is InChI=1S/C24H22N2O4/c1-2-21(30-24(28)15-11-12-18-22(13-15)29-14-25-18)23(27)26-19-9-5-3-7-16(19)17-8-4-6-10-20(17)26/h3,5,7,9,11-14,21H,2,4,6,8,10H2,1H3. The Hall–Kier alpha value is -3.41. The number of aryl methyl sites for hydroxylation is 1. The molecule has 0 spiro atoms. The third-order valence-electron chi connectivity index (χ3n) is 5.86. The normalized spacial score (nSPS) is 14.6. The third-order valence-corrected chi connectivity index (χ3v) is 5.86. The molecule has 4 aromatic rings. The highest BCUT2D eigenvalue weighted by Crippen LogP contribution is 2.32. The molecule has 6 nitrogen and oxygen atoms in total. The lowest BCUT2D eigenvalue weighted by atomic mass is 9.95. The van der Waals surface area contributed by atoms with Crippen molar-refractivity contribution in [2.24, 2.45) is 0 Å². The number of oxazole rings is 1. The molecule has 1 aliphatic carbocycles. The molecule has 0 saturated carbocycles. The minimum absolute atomic E-state index is 0.189. The van der Waals surface area contributed by atoms with Crippen molar-refractivity contribution >= 4 is 33.9 Å². The zero-order valence-electron chi connectivity index (χ0n) is 16.8. The van der Waals surface area contributed by atoms with Gasteiger partial charge in [0.15, 0.2) is 18.1 Å². The molecule has 1 unspecified atom stereocenters. The summed E-state index contributed by atoms with van der Waals surface area (Å²) in [6, 6.07) is 12.9. The maximum absolute atomic E-state index is 13.5. The van der Waals surface area contributed by atoms with Crippen molar-refractivity contribution < 1.29 is 18.7 Å². The van der Waals surface area contributed by atoms with Gasteiger partial charge < -0.3 is 9.15 Å². The van der Waals surface area contributed by atoms with Crippen molar-refractivity contribution in [2.45, 2.75) is 45.1 Å². The molecule has 1 aliphatic rings. The highest BCUT2D eigenvalue weighted by Gasteiger charge is 2.29. The van der Waals surface area contributed by atoms with Gasteiger partial charge in [-0.2, -0.15) is 0 Å². The second kappa shape index (κ2) is 7.44. The second-order valence-corrected chi connectivity index (χ2v) is 7.66. The summed E-state index contributed by atoms with van der Waals surface area (Å²) >= 11 is 0. The average Bonchev–Trinajstić information content (AvgIpc) is 3.38. The van der Waals surface area contributed by atoms with Crippen LogP contribution in [0, 0.1) is 0 Å². The van der Waals surface area contributed by atoms with E-state index >= 15 is 0 Å². The summed E-state index contributed by atoms with van der Waals surface area (Å²) in [4.78, 5) is 30.3. The quantitative estimate of drug-likeness (QED) is 0.452. The molecule has 0 N–H and O–H groups in total. The van der Waals surface area contributed by atoms with Crippen LogP contribution in [-0.4, -0.2) is 27.5 Å². The molecule has 0 saturated heterocycles. The zero-order valence-corrected chi connectivity index (χ0v) is 16.8. The zero-order chi connectivity index (χ0) is 20.7. The van der Waals surface area contributed by atoms with Gasteiger partial charge >= 0.3 is 5.97 Å². The van der Waals surface area contributed by atoms with E-state index in [1.165, 1.54) is 12.0 Å². The molecule has 0 bridgehead atoms. The smallest absolute Gasteiger partial charge is 0.339 e. The highest BCUT2D eigenvalue weighted by molar-refractivity contribution is 6.00. The van der Waals surface area contributed by atoms with Gasteiger partial charge in [-0.3, -0.25) is 9.36 Å².